The van der Waals surface area contributed by atoms with E-state index in [0.29, 0.717) is 6.42 Å². The average molecular weight is 253 g/mol. The molecule has 0 bridgehead atoms. The molecule has 0 aromatic heterocycles. The first-order valence-corrected chi connectivity index (χ1v) is 7.05. The molecule has 1 saturated heterocycles. The van der Waals surface area contributed by atoms with Crippen LogP contribution in [0.25, 0.3) is 0 Å². The highest BCUT2D eigenvalue weighted by atomic mass is 16.2. The van der Waals surface area contributed by atoms with Gasteiger partial charge in [-0.1, -0.05) is 45.4 Å². The Labute approximate surface area is 109 Å². The van der Waals surface area contributed by atoms with Crippen LogP contribution in [-0.2, 0) is 14.4 Å². The summed E-state index contributed by atoms with van der Waals surface area (Å²) in [6.07, 6.45) is 8.61. The smallest absolute Gasteiger partial charge is 0.236 e. The zero-order valence-electron chi connectivity index (χ0n) is 11.2. The second kappa shape index (κ2) is 8.01. The van der Waals surface area contributed by atoms with Crippen molar-refractivity contribution in [3.8, 4) is 0 Å². The summed E-state index contributed by atoms with van der Waals surface area (Å²) in [5.41, 5.74) is 0. The average Bonchev–Trinajstić information content (AvgIpc) is 2.68. The van der Waals surface area contributed by atoms with Crippen molar-refractivity contribution < 1.29 is 14.4 Å². The van der Waals surface area contributed by atoms with Crippen LogP contribution < -0.4 is 0 Å². The van der Waals surface area contributed by atoms with Crippen LogP contribution >= 0.6 is 0 Å². The van der Waals surface area contributed by atoms with Gasteiger partial charge in [-0.3, -0.25) is 14.4 Å². The molecule has 0 spiro atoms. The van der Waals surface area contributed by atoms with E-state index in [-0.39, 0.29) is 30.6 Å². The first-order valence-electron chi connectivity index (χ1n) is 7.05. The number of unbranched alkanes of at least 4 members (excludes halogenated alkanes) is 6. The van der Waals surface area contributed by atoms with Crippen molar-refractivity contribution in [2.75, 3.05) is 0 Å². The van der Waals surface area contributed by atoms with E-state index in [2.05, 4.69) is 6.92 Å². The van der Waals surface area contributed by atoms with Gasteiger partial charge in [0, 0.05) is 19.3 Å². The van der Waals surface area contributed by atoms with Gasteiger partial charge in [-0.15, -0.1) is 0 Å². The molecule has 0 N–H and O–H groups in total. The molecule has 1 fully saturated rings. The Morgan fingerprint density at radius 1 is 0.944 bits per heavy atom. The highest BCUT2D eigenvalue weighted by Gasteiger charge is 2.33. The summed E-state index contributed by atoms with van der Waals surface area (Å²) in [5.74, 6) is -0.961. The maximum absolute atomic E-state index is 11.7. The number of rotatable bonds is 8. The molecular formula is C14H23NO3. The van der Waals surface area contributed by atoms with Crippen LogP contribution in [0.3, 0.4) is 0 Å². The first kappa shape index (κ1) is 14.9. The van der Waals surface area contributed by atoms with Gasteiger partial charge in [0.15, 0.2) is 0 Å². The van der Waals surface area contributed by atoms with Crippen molar-refractivity contribution in [2.24, 2.45) is 0 Å². The number of likely N-dealkylation sites (tertiary alicyclic amines) is 1. The van der Waals surface area contributed by atoms with E-state index in [1.807, 2.05) is 0 Å². The van der Waals surface area contributed by atoms with Gasteiger partial charge < -0.3 is 0 Å². The van der Waals surface area contributed by atoms with Gasteiger partial charge in [-0.25, -0.2) is 4.90 Å². The lowest BCUT2D eigenvalue weighted by Crippen LogP contribution is -2.35. The fraction of sp³-hybridized carbons (Fsp3) is 0.786. The number of carbonyl (C=O) groups excluding carboxylic acids is 3. The minimum atomic E-state index is -0.326. The summed E-state index contributed by atoms with van der Waals surface area (Å²) in [7, 11) is 0. The molecule has 0 unspecified atom stereocenters. The van der Waals surface area contributed by atoms with Crippen LogP contribution in [0.15, 0.2) is 0 Å². The Balaban J connectivity index is 2.10. The van der Waals surface area contributed by atoms with E-state index < -0.39 is 0 Å². The largest absolute Gasteiger partial charge is 0.274 e. The summed E-state index contributed by atoms with van der Waals surface area (Å²) in [6.45, 7) is 2.18. The summed E-state index contributed by atoms with van der Waals surface area (Å²) in [6, 6.07) is 0. The van der Waals surface area contributed by atoms with Crippen molar-refractivity contribution in [2.45, 2.75) is 71.1 Å². The lowest BCUT2D eigenvalue weighted by molar-refractivity contribution is -0.149. The van der Waals surface area contributed by atoms with Crippen molar-refractivity contribution >= 4 is 17.7 Å². The summed E-state index contributed by atoms with van der Waals surface area (Å²) < 4.78 is 0. The van der Waals surface area contributed by atoms with Gasteiger partial charge in [-0.2, -0.15) is 0 Å². The van der Waals surface area contributed by atoms with E-state index >= 15 is 0 Å². The van der Waals surface area contributed by atoms with Crippen molar-refractivity contribution in [3.05, 3.63) is 0 Å². The van der Waals surface area contributed by atoms with E-state index in [1.165, 1.54) is 25.7 Å². The third kappa shape index (κ3) is 4.59. The first-order chi connectivity index (χ1) is 8.66. The van der Waals surface area contributed by atoms with Crippen molar-refractivity contribution in [1.82, 2.24) is 4.90 Å². The lowest BCUT2D eigenvalue weighted by atomic mass is 10.1. The predicted octanol–water partition coefficient (Wildman–Crippen LogP) is 2.80. The van der Waals surface area contributed by atoms with Crippen LogP contribution in [0.2, 0.25) is 0 Å². The number of imide groups is 3. The number of nitrogens with zero attached hydrogens (tertiary/aromatic N) is 1. The maximum atomic E-state index is 11.7. The Kier molecular flexibility index (Phi) is 6.61. The molecule has 1 rings (SSSR count). The molecule has 0 radical (unpaired) electrons. The molecule has 1 aliphatic rings. The number of carbonyl (C=O) groups is 3. The van der Waals surface area contributed by atoms with Crippen LogP contribution in [0.5, 0.6) is 0 Å². The van der Waals surface area contributed by atoms with Gasteiger partial charge >= 0.3 is 0 Å². The van der Waals surface area contributed by atoms with Crippen molar-refractivity contribution in [3.63, 3.8) is 0 Å². The number of hydrogen-bond acceptors (Lipinski definition) is 3. The second-order valence-corrected chi connectivity index (χ2v) is 4.89. The zero-order valence-corrected chi connectivity index (χ0v) is 11.2. The highest BCUT2D eigenvalue weighted by molar-refractivity contribution is 6.14. The second-order valence-electron chi connectivity index (χ2n) is 4.89. The molecule has 102 valence electrons. The Hall–Kier alpha value is -1.19. The summed E-state index contributed by atoms with van der Waals surface area (Å²) >= 11 is 0. The number of amides is 3. The Bertz CT molecular complexity index is 296. The molecule has 1 aliphatic heterocycles. The normalized spacial score (nSPS) is 15.5. The molecule has 18 heavy (non-hydrogen) atoms. The third-order valence-electron chi connectivity index (χ3n) is 3.30. The minimum Gasteiger partial charge on any atom is -0.274 e. The monoisotopic (exact) mass is 253 g/mol. The van der Waals surface area contributed by atoms with Crippen LogP contribution in [0.1, 0.15) is 71.1 Å². The molecule has 0 saturated carbocycles. The van der Waals surface area contributed by atoms with Crippen LogP contribution in [0.4, 0.5) is 0 Å². The van der Waals surface area contributed by atoms with Gasteiger partial charge in [0.1, 0.15) is 0 Å². The molecule has 0 aromatic rings. The topological polar surface area (TPSA) is 54.5 Å². The van der Waals surface area contributed by atoms with E-state index in [0.717, 1.165) is 24.2 Å². The lowest BCUT2D eigenvalue weighted by Gasteiger charge is -2.11. The Morgan fingerprint density at radius 2 is 1.44 bits per heavy atom. The van der Waals surface area contributed by atoms with Crippen LogP contribution in [0, 0.1) is 0 Å². The SMILES string of the molecule is CCCCCCCCCC(=O)N1C(=O)CCC1=O. The van der Waals surface area contributed by atoms with E-state index in [1.54, 1.807) is 0 Å². The Morgan fingerprint density at radius 3 is 2.00 bits per heavy atom. The molecule has 0 aromatic carbocycles. The van der Waals surface area contributed by atoms with Crippen LogP contribution in [-0.4, -0.2) is 22.6 Å². The molecule has 4 heteroatoms. The standard InChI is InChI=1S/C14H23NO3/c1-2-3-4-5-6-7-8-9-12(16)15-13(17)10-11-14(15)18/h2-11H2,1H3. The summed E-state index contributed by atoms with van der Waals surface area (Å²) in [5, 5.41) is 0. The summed E-state index contributed by atoms with van der Waals surface area (Å²) in [4.78, 5) is 35.2. The molecule has 3 amide bonds. The molecule has 0 aliphatic carbocycles. The zero-order chi connectivity index (χ0) is 13.4. The predicted molar refractivity (Wildman–Crippen MR) is 68.7 cm³/mol. The van der Waals surface area contributed by atoms with Gasteiger partial charge in [0.05, 0.1) is 0 Å². The number of hydrogen-bond donors (Lipinski definition) is 0. The highest BCUT2D eigenvalue weighted by Crippen LogP contribution is 2.15. The molecule has 4 nitrogen and oxygen atoms in total. The third-order valence-corrected chi connectivity index (χ3v) is 3.30. The van der Waals surface area contributed by atoms with Crippen molar-refractivity contribution in [1.29, 1.82) is 0 Å². The van der Waals surface area contributed by atoms with Gasteiger partial charge in [-0.05, 0) is 6.42 Å². The molecule has 1 heterocycles. The van der Waals surface area contributed by atoms with E-state index in [4.69, 9.17) is 0 Å². The fourth-order valence-electron chi connectivity index (χ4n) is 2.20. The van der Waals surface area contributed by atoms with Gasteiger partial charge in [0.25, 0.3) is 0 Å². The minimum absolute atomic E-state index is 0.196. The molecular weight excluding hydrogens is 230 g/mol. The maximum Gasteiger partial charge on any atom is 0.236 e. The fourth-order valence-corrected chi connectivity index (χ4v) is 2.20. The quantitative estimate of drug-likeness (QED) is 0.493. The molecule has 0 atom stereocenters. The van der Waals surface area contributed by atoms with Gasteiger partial charge in [0.2, 0.25) is 17.7 Å². The van der Waals surface area contributed by atoms with E-state index in [9.17, 15) is 14.4 Å².